The van der Waals surface area contributed by atoms with Gasteiger partial charge in [-0.3, -0.25) is 19.3 Å². The van der Waals surface area contributed by atoms with Crippen LogP contribution < -0.4 is 10.1 Å². The Morgan fingerprint density at radius 2 is 1.82 bits per heavy atom. The number of hydrogen-bond acceptors (Lipinski definition) is 6. The first-order valence-electron chi connectivity index (χ1n) is 13.3. The molecule has 202 valence electrons. The van der Waals surface area contributed by atoms with Gasteiger partial charge in [-0.2, -0.15) is 0 Å². The summed E-state index contributed by atoms with van der Waals surface area (Å²) < 4.78 is 17.1. The molecule has 2 unspecified atom stereocenters. The first-order valence-corrected chi connectivity index (χ1v) is 13.3. The number of piperidine rings is 1. The first kappa shape index (κ1) is 26.2. The molecule has 2 atom stereocenters. The topological polar surface area (TPSA) is 97.4 Å². The SMILES string of the molecule is COc1ccc(C(=O)N2CCC3(CC2)OCC(C(=O)NCC2CCCO2)N3C(=O)c2cccc(C)c2)cc1. The maximum atomic E-state index is 13.9. The van der Waals surface area contributed by atoms with Crippen molar-refractivity contribution in [2.24, 2.45) is 0 Å². The second-order valence-electron chi connectivity index (χ2n) is 10.2. The fraction of sp³-hybridized carbons (Fsp3) is 0.483. The highest BCUT2D eigenvalue weighted by Gasteiger charge is 2.54. The molecule has 3 aliphatic rings. The Labute approximate surface area is 223 Å². The monoisotopic (exact) mass is 521 g/mol. The summed E-state index contributed by atoms with van der Waals surface area (Å²) in [5.41, 5.74) is 1.10. The molecule has 9 nitrogen and oxygen atoms in total. The number of carbonyl (C=O) groups is 3. The van der Waals surface area contributed by atoms with Gasteiger partial charge in [0.25, 0.3) is 11.8 Å². The van der Waals surface area contributed by atoms with E-state index in [2.05, 4.69) is 5.32 Å². The van der Waals surface area contributed by atoms with Gasteiger partial charge >= 0.3 is 0 Å². The maximum absolute atomic E-state index is 13.9. The van der Waals surface area contributed by atoms with Crippen molar-refractivity contribution in [1.82, 2.24) is 15.1 Å². The number of nitrogens with zero attached hydrogens (tertiary/aromatic N) is 2. The van der Waals surface area contributed by atoms with Gasteiger partial charge in [-0.25, -0.2) is 0 Å². The third kappa shape index (κ3) is 5.26. The molecule has 1 N–H and O–H groups in total. The van der Waals surface area contributed by atoms with Crippen LogP contribution in [0.3, 0.4) is 0 Å². The molecule has 0 radical (unpaired) electrons. The smallest absolute Gasteiger partial charge is 0.256 e. The number of likely N-dealkylation sites (tertiary alicyclic amines) is 1. The average molecular weight is 522 g/mol. The molecule has 5 rings (SSSR count). The second kappa shape index (κ2) is 11.1. The molecule has 2 aromatic carbocycles. The van der Waals surface area contributed by atoms with Gasteiger partial charge in [0.2, 0.25) is 5.91 Å². The summed E-state index contributed by atoms with van der Waals surface area (Å²) in [7, 11) is 1.59. The number of hydrogen-bond donors (Lipinski definition) is 1. The van der Waals surface area contributed by atoms with Crippen molar-refractivity contribution >= 4 is 17.7 Å². The van der Waals surface area contributed by atoms with Gasteiger partial charge in [-0.05, 0) is 56.2 Å². The normalized spacial score (nSPS) is 22.5. The molecule has 9 heteroatoms. The van der Waals surface area contributed by atoms with E-state index in [1.54, 1.807) is 47.2 Å². The van der Waals surface area contributed by atoms with E-state index >= 15 is 0 Å². The van der Waals surface area contributed by atoms with Crippen LogP contribution in [0.25, 0.3) is 0 Å². The molecule has 38 heavy (non-hydrogen) atoms. The standard InChI is InChI=1S/C29H35N3O6/c1-20-5-3-6-22(17-20)28(35)32-25(26(33)30-18-24-7-4-16-37-24)19-38-29(32)12-14-31(15-13-29)27(34)21-8-10-23(36-2)11-9-21/h3,5-6,8-11,17,24-25H,4,7,12-16,18-19H2,1-2H3,(H,30,33). The van der Waals surface area contributed by atoms with Crippen LogP contribution in [0.1, 0.15) is 52.0 Å². The number of methoxy groups -OCH3 is 1. The summed E-state index contributed by atoms with van der Waals surface area (Å²) in [5, 5.41) is 2.98. The van der Waals surface area contributed by atoms with Gasteiger partial charge in [0.1, 0.15) is 17.5 Å². The lowest BCUT2D eigenvalue weighted by Crippen LogP contribution is -2.60. The predicted molar refractivity (Wildman–Crippen MR) is 140 cm³/mol. The van der Waals surface area contributed by atoms with Crippen molar-refractivity contribution in [3.05, 3.63) is 65.2 Å². The van der Waals surface area contributed by atoms with Crippen molar-refractivity contribution in [2.45, 2.75) is 50.5 Å². The van der Waals surface area contributed by atoms with Crippen molar-refractivity contribution < 1.29 is 28.6 Å². The zero-order valence-electron chi connectivity index (χ0n) is 22.0. The third-order valence-corrected chi connectivity index (χ3v) is 7.74. The number of ether oxygens (including phenoxy) is 3. The summed E-state index contributed by atoms with van der Waals surface area (Å²) in [4.78, 5) is 43.8. The molecule has 1 spiro atoms. The minimum atomic E-state index is -0.955. The Kier molecular flexibility index (Phi) is 7.67. The molecule has 3 heterocycles. The molecule has 0 aliphatic carbocycles. The van der Waals surface area contributed by atoms with Gasteiger partial charge in [0.05, 0.1) is 19.8 Å². The van der Waals surface area contributed by atoms with Crippen LogP contribution in [0.15, 0.2) is 48.5 Å². The van der Waals surface area contributed by atoms with Crippen molar-refractivity contribution in [1.29, 1.82) is 0 Å². The summed E-state index contributed by atoms with van der Waals surface area (Å²) in [5.74, 6) is 0.129. The van der Waals surface area contributed by atoms with E-state index in [1.165, 1.54) is 0 Å². The van der Waals surface area contributed by atoms with Crippen molar-refractivity contribution in [2.75, 3.05) is 40.0 Å². The number of amides is 3. The molecule has 0 saturated carbocycles. The van der Waals surface area contributed by atoms with Crippen LogP contribution >= 0.6 is 0 Å². The highest BCUT2D eigenvalue weighted by molar-refractivity contribution is 5.99. The van der Waals surface area contributed by atoms with Crippen LogP contribution in [-0.4, -0.2) is 85.3 Å². The molecular weight excluding hydrogens is 486 g/mol. The number of carbonyl (C=O) groups excluding carboxylic acids is 3. The van der Waals surface area contributed by atoms with E-state index < -0.39 is 11.8 Å². The molecule has 2 aromatic rings. The molecule has 3 aliphatic heterocycles. The second-order valence-corrected chi connectivity index (χ2v) is 10.2. The summed E-state index contributed by atoms with van der Waals surface area (Å²) >= 11 is 0. The molecule has 3 saturated heterocycles. The Morgan fingerprint density at radius 1 is 1.05 bits per heavy atom. The van der Waals surface area contributed by atoms with Crippen molar-refractivity contribution in [3.63, 3.8) is 0 Å². The Bertz CT molecular complexity index is 1170. The van der Waals surface area contributed by atoms with E-state index in [1.807, 2.05) is 25.1 Å². The third-order valence-electron chi connectivity index (χ3n) is 7.74. The Hall–Kier alpha value is -3.43. The zero-order chi connectivity index (χ0) is 26.7. The van der Waals surface area contributed by atoms with E-state index in [9.17, 15) is 14.4 Å². The lowest BCUT2D eigenvalue weighted by Gasteiger charge is -2.44. The lowest BCUT2D eigenvalue weighted by atomic mass is 9.95. The predicted octanol–water partition coefficient (Wildman–Crippen LogP) is 2.77. The zero-order valence-corrected chi connectivity index (χ0v) is 22.0. The van der Waals surface area contributed by atoms with E-state index in [4.69, 9.17) is 14.2 Å². The Balaban J connectivity index is 1.33. The number of aryl methyl sites for hydroxylation is 1. The minimum Gasteiger partial charge on any atom is -0.497 e. The van der Waals surface area contributed by atoms with Gasteiger partial charge in [0, 0.05) is 50.2 Å². The highest BCUT2D eigenvalue weighted by Crippen LogP contribution is 2.39. The van der Waals surface area contributed by atoms with Crippen molar-refractivity contribution in [3.8, 4) is 5.75 Å². The van der Waals surface area contributed by atoms with E-state index in [-0.39, 0.29) is 30.4 Å². The summed E-state index contributed by atoms with van der Waals surface area (Å²) in [6.45, 7) is 3.99. The fourth-order valence-electron chi connectivity index (χ4n) is 5.60. The van der Waals surface area contributed by atoms with Gasteiger partial charge < -0.3 is 24.4 Å². The van der Waals surface area contributed by atoms with Crippen LogP contribution in [0.2, 0.25) is 0 Å². The number of nitrogens with one attached hydrogen (secondary N) is 1. The minimum absolute atomic E-state index is 0.00311. The lowest BCUT2D eigenvalue weighted by molar-refractivity contribution is -0.128. The van der Waals surface area contributed by atoms with Crippen LogP contribution in [-0.2, 0) is 14.3 Å². The molecule has 3 amide bonds. The van der Waals surface area contributed by atoms with Gasteiger partial charge in [0.15, 0.2) is 0 Å². The van der Waals surface area contributed by atoms with E-state index in [0.29, 0.717) is 56.0 Å². The van der Waals surface area contributed by atoms with E-state index in [0.717, 1.165) is 18.4 Å². The maximum Gasteiger partial charge on any atom is 0.256 e. The van der Waals surface area contributed by atoms with Crippen LogP contribution in [0.5, 0.6) is 5.75 Å². The average Bonchev–Trinajstić information content (AvgIpc) is 3.60. The largest absolute Gasteiger partial charge is 0.497 e. The molecular formula is C29H35N3O6. The summed E-state index contributed by atoms with van der Waals surface area (Å²) in [6.07, 6.45) is 2.74. The number of benzene rings is 2. The van der Waals surface area contributed by atoms with Crippen LogP contribution in [0, 0.1) is 6.92 Å². The highest BCUT2D eigenvalue weighted by atomic mass is 16.5. The van der Waals surface area contributed by atoms with Crippen LogP contribution in [0.4, 0.5) is 0 Å². The summed E-state index contributed by atoms with van der Waals surface area (Å²) in [6, 6.07) is 13.6. The van der Waals surface area contributed by atoms with Gasteiger partial charge in [-0.15, -0.1) is 0 Å². The molecule has 0 bridgehead atoms. The van der Waals surface area contributed by atoms with Gasteiger partial charge in [-0.1, -0.05) is 17.7 Å². The number of rotatable bonds is 6. The quantitative estimate of drug-likeness (QED) is 0.628. The molecule has 3 fully saturated rings. The first-order chi connectivity index (χ1) is 18.4. The fourth-order valence-corrected chi connectivity index (χ4v) is 5.60. The Morgan fingerprint density at radius 3 is 2.47 bits per heavy atom. The molecule has 0 aromatic heterocycles.